The molecule has 0 aliphatic rings. The summed E-state index contributed by atoms with van der Waals surface area (Å²) in [7, 11) is 0. The van der Waals surface area contributed by atoms with Gasteiger partial charge in [0.1, 0.15) is 5.75 Å². The van der Waals surface area contributed by atoms with Gasteiger partial charge in [0.15, 0.2) is 0 Å². The highest BCUT2D eigenvalue weighted by Crippen LogP contribution is 2.19. The quantitative estimate of drug-likeness (QED) is 0.773. The summed E-state index contributed by atoms with van der Waals surface area (Å²) in [6, 6.07) is 3.96. The Bertz CT molecular complexity index is 299. The smallest absolute Gasteiger partial charge is 0.141 e. The number of rotatable bonds is 4. The summed E-state index contributed by atoms with van der Waals surface area (Å²) in [5.41, 5.74) is 2.00. The molecule has 1 rings (SSSR count). The van der Waals surface area contributed by atoms with Crippen molar-refractivity contribution in [3.8, 4) is 5.75 Å². The highest BCUT2D eigenvalue weighted by molar-refractivity contribution is 9.08. The SMILES string of the molecule is Cc1ccc(OCC(C)C)c(CBr)n1. The molecule has 0 N–H and O–H groups in total. The fourth-order valence-corrected chi connectivity index (χ4v) is 1.48. The second-order valence-corrected chi connectivity index (χ2v) is 4.30. The maximum absolute atomic E-state index is 5.65. The molecule has 1 heterocycles. The molecule has 0 unspecified atom stereocenters. The number of halogens is 1. The average molecular weight is 258 g/mol. The molecule has 0 spiro atoms. The largest absolute Gasteiger partial charge is 0.491 e. The summed E-state index contributed by atoms with van der Waals surface area (Å²) in [6.45, 7) is 6.99. The van der Waals surface area contributed by atoms with Crippen LogP contribution in [0.4, 0.5) is 0 Å². The van der Waals surface area contributed by atoms with Crippen LogP contribution >= 0.6 is 15.9 Å². The monoisotopic (exact) mass is 257 g/mol. The van der Waals surface area contributed by atoms with Crippen LogP contribution in [-0.4, -0.2) is 11.6 Å². The Morgan fingerprint density at radius 2 is 2.14 bits per heavy atom. The minimum atomic E-state index is 0.541. The number of aryl methyl sites for hydroxylation is 1. The van der Waals surface area contributed by atoms with Gasteiger partial charge < -0.3 is 4.74 Å². The third kappa shape index (κ3) is 3.29. The van der Waals surface area contributed by atoms with Crippen molar-refractivity contribution in [3.63, 3.8) is 0 Å². The molecule has 0 amide bonds. The minimum absolute atomic E-state index is 0.541. The van der Waals surface area contributed by atoms with Crippen LogP contribution in [0.2, 0.25) is 0 Å². The Morgan fingerprint density at radius 1 is 1.43 bits per heavy atom. The van der Waals surface area contributed by atoms with Crippen molar-refractivity contribution in [2.45, 2.75) is 26.1 Å². The zero-order valence-electron chi connectivity index (χ0n) is 8.88. The zero-order chi connectivity index (χ0) is 10.6. The van der Waals surface area contributed by atoms with Crippen LogP contribution in [0.5, 0.6) is 5.75 Å². The van der Waals surface area contributed by atoms with E-state index < -0.39 is 0 Å². The lowest BCUT2D eigenvalue weighted by molar-refractivity contribution is 0.268. The predicted octanol–water partition coefficient (Wildman–Crippen LogP) is 3.32. The molecule has 0 aromatic carbocycles. The van der Waals surface area contributed by atoms with Crippen LogP contribution in [0.3, 0.4) is 0 Å². The highest BCUT2D eigenvalue weighted by Gasteiger charge is 2.05. The molecule has 0 radical (unpaired) electrons. The van der Waals surface area contributed by atoms with Gasteiger partial charge in [0, 0.05) is 11.0 Å². The zero-order valence-corrected chi connectivity index (χ0v) is 10.5. The number of pyridine rings is 1. The molecule has 1 aromatic heterocycles. The van der Waals surface area contributed by atoms with E-state index in [0.29, 0.717) is 5.92 Å². The van der Waals surface area contributed by atoms with Gasteiger partial charge in [-0.05, 0) is 25.0 Å². The van der Waals surface area contributed by atoms with Gasteiger partial charge in [-0.25, -0.2) is 0 Å². The van der Waals surface area contributed by atoms with Gasteiger partial charge in [-0.3, -0.25) is 4.98 Å². The van der Waals surface area contributed by atoms with Crippen molar-refractivity contribution in [1.82, 2.24) is 4.98 Å². The van der Waals surface area contributed by atoms with Gasteiger partial charge in [-0.2, -0.15) is 0 Å². The van der Waals surface area contributed by atoms with Crippen molar-refractivity contribution >= 4 is 15.9 Å². The molecule has 78 valence electrons. The summed E-state index contributed by atoms with van der Waals surface area (Å²) >= 11 is 3.41. The van der Waals surface area contributed by atoms with E-state index in [1.807, 2.05) is 19.1 Å². The number of nitrogens with zero attached hydrogens (tertiary/aromatic N) is 1. The maximum atomic E-state index is 5.65. The van der Waals surface area contributed by atoms with Gasteiger partial charge in [-0.15, -0.1) is 0 Å². The van der Waals surface area contributed by atoms with Crippen LogP contribution < -0.4 is 4.74 Å². The first kappa shape index (κ1) is 11.5. The normalized spacial score (nSPS) is 10.6. The molecule has 2 nitrogen and oxygen atoms in total. The van der Waals surface area contributed by atoms with Crippen molar-refractivity contribution in [1.29, 1.82) is 0 Å². The van der Waals surface area contributed by atoms with Crippen LogP contribution in [-0.2, 0) is 5.33 Å². The van der Waals surface area contributed by atoms with E-state index in [1.165, 1.54) is 0 Å². The molecule has 0 atom stereocenters. The highest BCUT2D eigenvalue weighted by atomic mass is 79.9. The van der Waals surface area contributed by atoms with Gasteiger partial charge in [0.05, 0.1) is 12.3 Å². The van der Waals surface area contributed by atoms with E-state index in [2.05, 4.69) is 34.8 Å². The lowest BCUT2D eigenvalue weighted by Crippen LogP contribution is -2.06. The lowest BCUT2D eigenvalue weighted by Gasteiger charge is -2.11. The Labute approximate surface area is 93.8 Å². The van der Waals surface area contributed by atoms with Crippen LogP contribution in [0, 0.1) is 12.8 Å². The Hall–Kier alpha value is -0.570. The summed E-state index contributed by atoms with van der Waals surface area (Å²) in [5.74, 6) is 1.43. The molecule has 0 fully saturated rings. The first-order chi connectivity index (χ1) is 6.63. The van der Waals surface area contributed by atoms with E-state index in [-0.39, 0.29) is 0 Å². The maximum Gasteiger partial charge on any atom is 0.141 e. The van der Waals surface area contributed by atoms with E-state index in [4.69, 9.17) is 4.74 Å². The number of ether oxygens (including phenoxy) is 1. The van der Waals surface area contributed by atoms with E-state index in [0.717, 1.165) is 29.1 Å². The molecule has 0 bridgehead atoms. The van der Waals surface area contributed by atoms with Gasteiger partial charge >= 0.3 is 0 Å². The van der Waals surface area contributed by atoms with E-state index in [9.17, 15) is 0 Å². The van der Waals surface area contributed by atoms with Crippen molar-refractivity contribution in [3.05, 3.63) is 23.5 Å². The minimum Gasteiger partial charge on any atom is -0.491 e. The average Bonchev–Trinajstić information content (AvgIpc) is 2.15. The number of aromatic nitrogens is 1. The summed E-state index contributed by atoms with van der Waals surface area (Å²) in [6.07, 6.45) is 0. The number of hydrogen-bond donors (Lipinski definition) is 0. The molecule has 0 aliphatic heterocycles. The Balaban J connectivity index is 2.75. The first-order valence-corrected chi connectivity index (χ1v) is 5.91. The summed E-state index contributed by atoms with van der Waals surface area (Å²) in [5, 5.41) is 0.738. The molecule has 0 saturated carbocycles. The molecule has 1 aromatic rings. The molecule has 0 aliphatic carbocycles. The molecule has 0 saturated heterocycles. The fourth-order valence-electron chi connectivity index (χ4n) is 1.08. The Kier molecular flexibility index (Phi) is 4.39. The number of alkyl halides is 1. The molecular formula is C11H16BrNO. The van der Waals surface area contributed by atoms with Crippen LogP contribution in [0.1, 0.15) is 25.2 Å². The number of hydrogen-bond acceptors (Lipinski definition) is 2. The second kappa shape index (κ2) is 5.35. The third-order valence-corrected chi connectivity index (χ3v) is 2.30. The third-order valence-electron chi connectivity index (χ3n) is 1.77. The fraction of sp³-hybridized carbons (Fsp3) is 0.545. The van der Waals surface area contributed by atoms with Crippen molar-refractivity contribution < 1.29 is 4.74 Å². The van der Waals surface area contributed by atoms with Gasteiger partial charge in [0.2, 0.25) is 0 Å². The second-order valence-electron chi connectivity index (χ2n) is 3.74. The lowest BCUT2D eigenvalue weighted by atomic mass is 10.2. The van der Waals surface area contributed by atoms with Gasteiger partial charge in [-0.1, -0.05) is 29.8 Å². The summed E-state index contributed by atoms with van der Waals surface area (Å²) in [4.78, 5) is 4.40. The van der Waals surface area contributed by atoms with E-state index >= 15 is 0 Å². The van der Waals surface area contributed by atoms with E-state index in [1.54, 1.807) is 0 Å². The predicted molar refractivity (Wildman–Crippen MR) is 61.9 cm³/mol. The van der Waals surface area contributed by atoms with Crippen LogP contribution in [0.15, 0.2) is 12.1 Å². The molecular weight excluding hydrogens is 242 g/mol. The standard InChI is InChI=1S/C11H16BrNO/c1-8(2)7-14-11-5-4-9(3)13-10(11)6-12/h4-5,8H,6-7H2,1-3H3. The van der Waals surface area contributed by atoms with Crippen molar-refractivity contribution in [2.24, 2.45) is 5.92 Å². The molecule has 3 heteroatoms. The van der Waals surface area contributed by atoms with Gasteiger partial charge in [0.25, 0.3) is 0 Å². The summed E-state index contributed by atoms with van der Waals surface area (Å²) < 4.78 is 5.65. The topological polar surface area (TPSA) is 22.1 Å². The molecule has 14 heavy (non-hydrogen) atoms. The first-order valence-electron chi connectivity index (χ1n) is 4.78. The van der Waals surface area contributed by atoms with Crippen molar-refractivity contribution in [2.75, 3.05) is 6.61 Å². The van der Waals surface area contributed by atoms with Crippen LogP contribution in [0.25, 0.3) is 0 Å². The Morgan fingerprint density at radius 3 is 2.71 bits per heavy atom.